The average Bonchev–Trinajstić information content (AvgIpc) is 3.39. The first-order chi connectivity index (χ1) is 18.6. The number of aliphatic hydroxyl groups is 1. The fraction of sp³-hybridized carbons (Fsp3) is 0.414. The van der Waals surface area contributed by atoms with Crippen LogP contribution in [0, 0.1) is 0 Å². The number of alkyl halides is 3. The van der Waals surface area contributed by atoms with Gasteiger partial charge in [-0.05, 0) is 62.4 Å². The lowest BCUT2D eigenvalue weighted by atomic mass is 9.79. The quantitative estimate of drug-likeness (QED) is 0.440. The molecule has 5 rings (SSSR count). The molecule has 2 aliphatic rings. The highest BCUT2D eigenvalue weighted by Gasteiger charge is 2.39. The zero-order chi connectivity index (χ0) is 27.6. The maximum Gasteiger partial charge on any atom is 0.416 e. The Morgan fingerprint density at radius 3 is 2.56 bits per heavy atom. The first-order valence-corrected chi connectivity index (χ1v) is 13.2. The van der Waals surface area contributed by atoms with Crippen LogP contribution in [0.4, 0.5) is 13.2 Å². The van der Waals surface area contributed by atoms with Crippen LogP contribution in [0.25, 0.3) is 10.9 Å². The molecule has 10 heteroatoms. The highest BCUT2D eigenvalue weighted by Crippen LogP contribution is 2.39. The molecule has 1 saturated carbocycles. The molecule has 0 bridgehead atoms. The van der Waals surface area contributed by atoms with Gasteiger partial charge in [0.15, 0.2) is 0 Å². The predicted octanol–water partition coefficient (Wildman–Crippen LogP) is 4.00. The van der Waals surface area contributed by atoms with E-state index in [9.17, 15) is 27.9 Å². The maximum absolute atomic E-state index is 12.9. The van der Waals surface area contributed by atoms with Crippen LogP contribution in [0.1, 0.15) is 53.7 Å². The molecule has 1 aliphatic heterocycles. The van der Waals surface area contributed by atoms with Gasteiger partial charge in [-0.25, -0.2) is 4.98 Å². The summed E-state index contributed by atoms with van der Waals surface area (Å²) in [6.07, 6.45) is -0.930. The van der Waals surface area contributed by atoms with Crippen LogP contribution in [0.5, 0.6) is 0 Å². The number of hydrogen-bond acceptors (Lipinski definition) is 5. The van der Waals surface area contributed by atoms with Gasteiger partial charge >= 0.3 is 6.18 Å². The van der Waals surface area contributed by atoms with Crippen LogP contribution in [-0.4, -0.2) is 58.5 Å². The second-order valence-corrected chi connectivity index (χ2v) is 10.5. The van der Waals surface area contributed by atoms with Crippen molar-refractivity contribution in [3.8, 4) is 0 Å². The Kier molecular flexibility index (Phi) is 7.59. The van der Waals surface area contributed by atoms with Crippen LogP contribution < -0.4 is 10.6 Å². The van der Waals surface area contributed by atoms with Crippen molar-refractivity contribution in [3.05, 3.63) is 77.5 Å². The molecule has 1 aromatic heterocycles. The van der Waals surface area contributed by atoms with Crippen molar-refractivity contribution >= 4 is 22.7 Å². The number of amides is 2. The summed E-state index contributed by atoms with van der Waals surface area (Å²) >= 11 is 0. The third-order valence-corrected chi connectivity index (χ3v) is 7.82. The SMILES string of the molecule is O=C(CNC(=O)c1cccc(C(F)(F)F)c1)N[C@@H]1CCN(C2CCC(O)(c3ccc4ccccc4n3)CC2)C1. The lowest BCUT2D eigenvalue weighted by Crippen LogP contribution is -2.45. The molecular formula is C29H31F3N4O3. The van der Waals surface area contributed by atoms with Crippen LogP contribution in [-0.2, 0) is 16.6 Å². The molecule has 0 unspecified atom stereocenters. The Hall–Kier alpha value is -3.50. The van der Waals surface area contributed by atoms with E-state index in [1.54, 1.807) is 0 Å². The molecule has 2 amide bonds. The summed E-state index contributed by atoms with van der Waals surface area (Å²) in [5.74, 6) is -1.12. The van der Waals surface area contributed by atoms with Crippen LogP contribution in [0.3, 0.4) is 0 Å². The van der Waals surface area contributed by atoms with Gasteiger partial charge in [0.1, 0.15) is 5.60 Å². The van der Waals surface area contributed by atoms with Gasteiger partial charge in [-0.15, -0.1) is 0 Å². The number of hydrogen-bond donors (Lipinski definition) is 3. The lowest BCUT2D eigenvalue weighted by molar-refractivity contribution is -0.137. The zero-order valence-electron chi connectivity index (χ0n) is 21.4. The van der Waals surface area contributed by atoms with E-state index < -0.39 is 23.2 Å². The van der Waals surface area contributed by atoms with Crippen molar-refractivity contribution in [3.63, 3.8) is 0 Å². The van der Waals surface area contributed by atoms with Gasteiger partial charge in [0.25, 0.3) is 5.91 Å². The third kappa shape index (κ3) is 6.23. The molecule has 3 N–H and O–H groups in total. The highest BCUT2D eigenvalue weighted by atomic mass is 19.4. The number of fused-ring (bicyclic) bond motifs is 1. The molecule has 1 aliphatic carbocycles. The van der Waals surface area contributed by atoms with E-state index in [0.717, 1.165) is 54.9 Å². The van der Waals surface area contributed by atoms with E-state index >= 15 is 0 Å². The van der Waals surface area contributed by atoms with Crippen molar-refractivity contribution in [2.45, 2.75) is 56.0 Å². The van der Waals surface area contributed by atoms with Crippen molar-refractivity contribution < 1.29 is 27.9 Å². The van der Waals surface area contributed by atoms with Gasteiger partial charge in [-0.2, -0.15) is 13.2 Å². The molecule has 2 heterocycles. The first kappa shape index (κ1) is 27.1. The van der Waals surface area contributed by atoms with Gasteiger partial charge in [0.2, 0.25) is 5.91 Å². The Morgan fingerprint density at radius 1 is 1.03 bits per heavy atom. The van der Waals surface area contributed by atoms with Crippen molar-refractivity contribution in [1.82, 2.24) is 20.5 Å². The number of para-hydroxylation sites is 1. The maximum atomic E-state index is 12.9. The molecule has 39 heavy (non-hydrogen) atoms. The Bertz CT molecular complexity index is 1350. The first-order valence-electron chi connectivity index (χ1n) is 13.2. The molecule has 2 aromatic carbocycles. The topological polar surface area (TPSA) is 94.6 Å². The second kappa shape index (κ2) is 10.9. The molecule has 206 valence electrons. The summed E-state index contributed by atoms with van der Waals surface area (Å²) in [5.41, 5.74) is -0.444. The van der Waals surface area contributed by atoms with Crippen LogP contribution in [0.2, 0.25) is 0 Å². The molecule has 0 spiro atoms. The lowest BCUT2D eigenvalue weighted by Gasteiger charge is -2.39. The molecule has 0 radical (unpaired) electrons. The number of carbonyl (C=O) groups excluding carboxylic acids is 2. The highest BCUT2D eigenvalue weighted by molar-refractivity contribution is 5.96. The number of carbonyl (C=O) groups is 2. The summed E-state index contributed by atoms with van der Waals surface area (Å²) in [6.45, 7) is 1.17. The molecule has 2 fully saturated rings. The van der Waals surface area contributed by atoms with Crippen LogP contribution >= 0.6 is 0 Å². The monoisotopic (exact) mass is 540 g/mol. The van der Waals surface area contributed by atoms with E-state index in [4.69, 9.17) is 4.98 Å². The zero-order valence-corrected chi connectivity index (χ0v) is 21.4. The number of aromatic nitrogens is 1. The van der Waals surface area contributed by atoms with Crippen molar-refractivity contribution in [2.24, 2.45) is 0 Å². The fourth-order valence-corrected chi connectivity index (χ4v) is 5.64. The third-order valence-electron chi connectivity index (χ3n) is 7.82. The van der Waals surface area contributed by atoms with Gasteiger partial charge < -0.3 is 15.7 Å². The predicted molar refractivity (Wildman–Crippen MR) is 140 cm³/mol. The van der Waals surface area contributed by atoms with Crippen molar-refractivity contribution in [2.75, 3.05) is 19.6 Å². The summed E-state index contributed by atoms with van der Waals surface area (Å²) in [7, 11) is 0. The van der Waals surface area contributed by atoms with Gasteiger partial charge in [-0.3, -0.25) is 14.5 Å². The standard InChI is InChI=1S/C29H31F3N4O3/c30-29(31,32)21-6-3-5-20(16-21)27(38)33-17-26(37)34-22-12-15-36(18-22)23-10-13-28(39,14-11-23)25-9-8-19-4-1-2-7-24(19)35-25/h1-9,16,22-23,39H,10-15,17-18H2,(H,33,38)(H,34,37)/t22-,23?,28?/m1/s1. The molecule has 3 aromatic rings. The van der Waals surface area contributed by atoms with Gasteiger partial charge in [0.05, 0.1) is 23.3 Å². The number of benzene rings is 2. The van der Waals surface area contributed by atoms with E-state index in [-0.39, 0.29) is 24.1 Å². The Morgan fingerprint density at radius 2 is 1.79 bits per heavy atom. The largest absolute Gasteiger partial charge is 0.416 e. The minimum atomic E-state index is -4.55. The normalized spacial score (nSPS) is 24.0. The van der Waals surface area contributed by atoms with E-state index in [1.165, 1.54) is 6.07 Å². The number of nitrogens with zero attached hydrogens (tertiary/aromatic N) is 2. The second-order valence-electron chi connectivity index (χ2n) is 10.5. The minimum Gasteiger partial charge on any atom is -0.384 e. The van der Waals surface area contributed by atoms with E-state index in [2.05, 4.69) is 15.5 Å². The number of likely N-dealkylation sites (tertiary alicyclic amines) is 1. The minimum absolute atomic E-state index is 0.0778. The summed E-state index contributed by atoms with van der Waals surface area (Å²) in [5, 5.41) is 17.7. The summed E-state index contributed by atoms with van der Waals surface area (Å²) in [6, 6.07) is 16.1. The smallest absolute Gasteiger partial charge is 0.384 e. The van der Waals surface area contributed by atoms with E-state index in [1.807, 2.05) is 36.4 Å². The number of nitrogens with one attached hydrogen (secondary N) is 2. The van der Waals surface area contributed by atoms with Gasteiger partial charge in [-0.1, -0.05) is 30.3 Å². The molecule has 1 saturated heterocycles. The molecular weight excluding hydrogens is 509 g/mol. The average molecular weight is 541 g/mol. The van der Waals surface area contributed by atoms with Crippen molar-refractivity contribution in [1.29, 1.82) is 0 Å². The van der Waals surface area contributed by atoms with Crippen LogP contribution in [0.15, 0.2) is 60.7 Å². The number of halogens is 3. The Labute approximate surface area is 224 Å². The molecule has 1 atom stereocenters. The summed E-state index contributed by atoms with van der Waals surface area (Å²) < 4.78 is 38.7. The van der Waals surface area contributed by atoms with Gasteiger partial charge in [0, 0.05) is 36.1 Å². The number of pyridine rings is 1. The fourth-order valence-electron chi connectivity index (χ4n) is 5.64. The molecule has 7 nitrogen and oxygen atoms in total. The Balaban J connectivity index is 1.08. The number of rotatable bonds is 6. The van der Waals surface area contributed by atoms with E-state index in [0.29, 0.717) is 31.1 Å². The summed E-state index contributed by atoms with van der Waals surface area (Å²) in [4.78, 5) is 31.7.